The van der Waals surface area contributed by atoms with Gasteiger partial charge in [0.15, 0.2) is 0 Å². The van der Waals surface area contributed by atoms with Crippen LogP contribution in [0.25, 0.3) is 0 Å². The van der Waals surface area contributed by atoms with Crippen molar-refractivity contribution in [2.45, 2.75) is 51.0 Å². The third-order valence-electron chi connectivity index (χ3n) is 5.75. The lowest BCUT2D eigenvalue weighted by Gasteiger charge is -2.39. The van der Waals surface area contributed by atoms with Gasteiger partial charge in [0.25, 0.3) is 0 Å². The summed E-state index contributed by atoms with van der Waals surface area (Å²) in [6.07, 6.45) is 7.23. The maximum Gasteiger partial charge on any atom is 0.223 e. The minimum Gasteiger partial charge on any atom is -0.381 e. The van der Waals surface area contributed by atoms with Crippen LogP contribution in [0.3, 0.4) is 0 Å². The van der Waals surface area contributed by atoms with Crippen molar-refractivity contribution in [3.05, 3.63) is 0 Å². The Labute approximate surface area is 133 Å². The summed E-state index contributed by atoms with van der Waals surface area (Å²) in [4.78, 5) is 14.8. The summed E-state index contributed by atoms with van der Waals surface area (Å²) >= 11 is 0. The molecule has 22 heavy (non-hydrogen) atoms. The Balaban J connectivity index is 1.60. The highest BCUT2D eigenvalue weighted by atomic mass is 16.5. The van der Waals surface area contributed by atoms with E-state index in [9.17, 15) is 4.79 Å². The number of amides is 1. The molecule has 1 amide bonds. The molecule has 126 valence electrons. The molecule has 2 atom stereocenters. The molecule has 2 aliphatic heterocycles. The van der Waals surface area contributed by atoms with Gasteiger partial charge in [0.05, 0.1) is 13.2 Å². The van der Waals surface area contributed by atoms with Crippen molar-refractivity contribution in [2.24, 2.45) is 17.1 Å². The summed E-state index contributed by atoms with van der Waals surface area (Å²) in [5.41, 5.74) is 6.32. The minimum absolute atomic E-state index is 0.110. The first kappa shape index (κ1) is 16.2. The highest BCUT2D eigenvalue weighted by Gasteiger charge is 2.38. The molecule has 5 nitrogen and oxygen atoms in total. The van der Waals surface area contributed by atoms with E-state index >= 15 is 0 Å². The number of carbonyl (C=O) groups excluding carboxylic acids is 1. The quantitative estimate of drug-likeness (QED) is 0.840. The van der Waals surface area contributed by atoms with Gasteiger partial charge in [-0.15, -0.1) is 0 Å². The van der Waals surface area contributed by atoms with E-state index in [0.29, 0.717) is 18.9 Å². The molecule has 2 heterocycles. The van der Waals surface area contributed by atoms with Gasteiger partial charge in [-0.05, 0) is 31.6 Å². The van der Waals surface area contributed by atoms with Crippen molar-refractivity contribution in [3.8, 4) is 0 Å². The zero-order valence-electron chi connectivity index (χ0n) is 13.6. The second-order valence-corrected chi connectivity index (χ2v) is 7.39. The van der Waals surface area contributed by atoms with Gasteiger partial charge in [0, 0.05) is 44.2 Å². The summed E-state index contributed by atoms with van der Waals surface area (Å²) in [5.74, 6) is 0.648. The Bertz CT molecular complexity index is 382. The summed E-state index contributed by atoms with van der Waals surface area (Å²) in [6, 6.07) is 0.206. The molecule has 2 N–H and O–H groups in total. The van der Waals surface area contributed by atoms with E-state index in [2.05, 4.69) is 0 Å². The molecule has 0 aromatic carbocycles. The second-order valence-electron chi connectivity index (χ2n) is 7.39. The Hall–Kier alpha value is -0.650. The van der Waals surface area contributed by atoms with E-state index in [1.807, 2.05) is 4.90 Å². The number of rotatable bonds is 2. The molecule has 1 spiro atoms. The lowest BCUT2D eigenvalue weighted by atomic mass is 9.80. The van der Waals surface area contributed by atoms with Gasteiger partial charge >= 0.3 is 0 Å². The molecule has 3 fully saturated rings. The lowest BCUT2D eigenvalue weighted by molar-refractivity contribution is -0.134. The minimum atomic E-state index is 0.110. The maximum atomic E-state index is 12.8. The molecule has 3 rings (SSSR count). The largest absolute Gasteiger partial charge is 0.381 e. The third-order valence-corrected chi connectivity index (χ3v) is 5.75. The normalized spacial score (nSPS) is 32.7. The average molecular weight is 310 g/mol. The fraction of sp³-hybridized carbons (Fsp3) is 0.941. The van der Waals surface area contributed by atoms with Crippen LogP contribution in [0.15, 0.2) is 0 Å². The van der Waals surface area contributed by atoms with Crippen LogP contribution < -0.4 is 5.73 Å². The topological polar surface area (TPSA) is 64.8 Å². The van der Waals surface area contributed by atoms with Crippen molar-refractivity contribution >= 4 is 5.91 Å². The summed E-state index contributed by atoms with van der Waals surface area (Å²) < 4.78 is 11.3. The number of nitrogens with zero attached hydrogens (tertiary/aromatic N) is 1. The van der Waals surface area contributed by atoms with Crippen LogP contribution in [0.1, 0.15) is 44.9 Å². The molecular weight excluding hydrogens is 280 g/mol. The van der Waals surface area contributed by atoms with E-state index in [1.165, 1.54) is 12.8 Å². The molecule has 0 bridgehead atoms. The number of nitrogens with two attached hydrogens (primary N) is 1. The Morgan fingerprint density at radius 3 is 2.68 bits per heavy atom. The summed E-state index contributed by atoms with van der Waals surface area (Å²) in [5, 5.41) is 0. The summed E-state index contributed by atoms with van der Waals surface area (Å²) in [7, 11) is 0. The molecule has 1 saturated carbocycles. The molecule has 1 aliphatic carbocycles. The fourth-order valence-electron chi connectivity index (χ4n) is 4.16. The third kappa shape index (κ3) is 3.81. The Morgan fingerprint density at radius 2 is 1.91 bits per heavy atom. The molecule has 5 heteroatoms. The standard InChI is InChI=1S/C17H30N2O3/c18-15-4-2-1-3-14(15)11-16(20)19-7-10-22-13-17(12-19)5-8-21-9-6-17/h14-15H,1-13,18H2/t14-,15-/m1/s1. The zero-order chi connectivity index (χ0) is 15.4. The summed E-state index contributed by atoms with van der Waals surface area (Å²) in [6.45, 7) is 4.56. The van der Waals surface area contributed by atoms with Gasteiger partial charge in [-0.2, -0.15) is 0 Å². The van der Waals surface area contributed by atoms with Crippen LogP contribution >= 0.6 is 0 Å². The lowest BCUT2D eigenvalue weighted by Crippen LogP contribution is -2.46. The molecule has 3 aliphatic rings. The predicted molar refractivity (Wildman–Crippen MR) is 84.4 cm³/mol. The molecule has 0 aromatic heterocycles. The van der Waals surface area contributed by atoms with E-state index in [0.717, 1.165) is 58.6 Å². The van der Waals surface area contributed by atoms with Gasteiger partial charge in [-0.3, -0.25) is 4.79 Å². The highest BCUT2D eigenvalue weighted by Crippen LogP contribution is 2.34. The Kier molecular flexibility index (Phi) is 5.37. The van der Waals surface area contributed by atoms with Crippen molar-refractivity contribution < 1.29 is 14.3 Å². The molecule has 0 unspecified atom stereocenters. The van der Waals surface area contributed by atoms with E-state index < -0.39 is 0 Å². The zero-order valence-corrected chi connectivity index (χ0v) is 13.6. The van der Waals surface area contributed by atoms with Crippen molar-refractivity contribution in [1.29, 1.82) is 0 Å². The fourth-order valence-corrected chi connectivity index (χ4v) is 4.16. The van der Waals surface area contributed by atoms with Crippen molar-refractivity contribution in [2.75, 3.05) is 39.5 Å². The van der Waals surface area contributed by atoms with Crippen LogP contribution in [0.4, 0.5) is 0 Å². The van der Waals surface area contributed by atoms with Gasteiger partial charge < -0.3 is 20.1 Å². The smallest absolute Gasteiger partial charge is 0.223 e. The van der Waals surface area contributed by atoms with E-state index in [-0.39, 0.29) is 17.4 Å². The van der Waals surface area contributed by atoms with Crippen molar-refractivity contribution in [1.82, 2.24) is 4.90 Å². The van der Waals surface area contributed by atoms with Gasteiger partial charge in [-0.25, -0.2) is 0 Å². The van der Waals surface area contributed by atoms with E-state index in [4.69, 9.17) is 15.2 Å². The van der Waals surface area contributed by atoms with Gasteiger partial charge in [0.1, 0.15) is 0 Å². The number of hydrogen-bond donors (Lipinski definition) is 1. The van der Waals surface area contributed by atoms with Crippen LogP contribution in [-0.4, -0.2) is 56.4 Å². The number of carbonyl (C=O) groups is 1. The molecular formula is C17H30N2O3. The van der Waals surface area contributed by atoms with Gasteiger partial charge in [0.2, 0.25) is 5.91 Å². The molecule has 0 radical (unpaired) electrons. The SMILES string of the molecule is N[C@@H]1CCCC[C@@H]1CC(=O)N1CCOCC2(CCOCC2)C1. The molecule has 2 saturated heterocycles. The number of ether oxygens (including phenoxy) is 2. The first-order valence-corrected chi connectivity index (χ1v) is 8.87. The van der Waals surface area contributed by atoms with Crippen LogP contribution in [0, 0.1) is 11.3 Å². The Morgan fingerprint density at radius 1 is 1.14 bits per heavy atom. The van der Waals surface area contributed by atoms with Crippen LogP contribution in [0.5, 0.6) is 0 Å². The first-order chi connectivity index (χ1) is 10.7. The highest BCUT2D eigenvalue weighted by molar-refractivity contribution is 5.76. The maximum absolute atomic E-state index is 12.8. The van der Waals surface area contributed by atoms with Crippen LogP contribution in [-0.2, 0) is 14.3 Å². The average Bonchev–Trinajstić information content (AvgIpc) is 2.73. The van der Waals surface area contributed by atoms with Crippen LogP contribution in [0.2, 0.25) is 0 Å². The second kappa shape index (κ2) is 7.28. The van der Waals surface area contributed by atoms with Gasteiger partial charge in [-0.1, -0.05) is 12.8 Å². The molecule has 0 aromatic rings. The monoisotopic (exact) mass is 310 g/mol. The first-order valence-electron chi connectivity index (χ1n) is 8.87. The predicted octanol–water partition coefficient (Wildman–Crippen LogP) is 1.55. The van der Waals surface area contributed by atoms with E-state index in [1.54, 1.807) is 0 Å². The van der Waals surface area contributed by atoms with Crippen molar-refractivity contribution in [3.63, 3.8) is 0 Å². The number of hydrogen-bond acceptors (Lipinski definition) is 4.